The first-order chi connectivity index (χ1) is 21.8. The van der Waals surface area contributed by atoms with Crippen molar-refractivity contribution in [3.05, 3.63) is 35.6 Å². The molecule has 16 nitrogen and oxygen atoms in total. The summed E-state index contributed by atoms with van der Waals surface area (Å²) < 4.78 is 38.5. The number of anilines is 2. The van der Waals surface area contributed by atoms with Crippen LogP contribution in [0.5, 0.6) is 5.75 Å². The van der Waals surface area contributed by atoms with Crippen LogP contribution >= 0.6 is 19.3 Å². The maximum atomic E-state index is 14.1. The number of ether oxygens (including phenoxy) is 2. The normalized spacial score (nSPS) is 25.7. The number of nitrogens with two attached hydrogens (primary N) is 2. The van der Waals surface area contributed by atoms with Crippen LogP contribution in [-0.4, -0.2) is 79.8 Å². The standard InChI is InChI=1S/C28H40ClN8O8P/c1-16(25(39)42-13-17-7-5-4-6-8-17)35-46(41,45-19-11-9-18(29)10-12-19)43-14-20-22(38)28(2,40)26(44-20)37-15-32-21-23(36(3)31)33-27(30)34-24(21)37/h9-12,15-17,20,22,26,38,40H,4-8,13-14,31H2,1-3H3,(H,35,41)(H2,30,33,34)/t16?,20?,22-,26?,28-,46?/m1/s1. The molecule has 2 aliphatic rings. The number of nitrogens with one attached hydrogen (secondary N) is 1. The number of fused-ring (bicyclic) bond motifs is 1. The molecule has 0 radical (unpaired) electrons. The number of halogens is 1. The third-order valence-electron chi connectivity index (χ3n) is 8.10. The molecule has 6 atom stereocenters. The molecule has 18 heteroatoms. The van der Waals surface area contributed by atoms with Crippen molar-refractivity contribution in [2.75, 3.05) is 31.0 Å². The van der Waals surface area contributed by atoms with Crippen LogP contribution in [0.2, 0.25) is 5.02 Å². The Labute approximate surface area is 270 Å². The van der Waals surface area contributed by atoms with E-state index < -0.39 is 50.4 Å². The molecule has 1 aliphatic heterocycles. The average molecular weight is 683 g/mol. The van der Waals surface area contributed by atoms with Gasteiger partial charge in [-0.15, -0.1) is 0 Å². The molecule has 4 unspecified atom stereocenters. The fourth-order valence-corrected chi connectivity index (χ4v) is 7.21. The highest BCUT2D eigenvalue weighted by Crippen LogP contribution is 2.47. The topological polar surface area (TPSA) is 222 Å². The van der Waals surface area contributed by atoms with Gasteiger partial charge in [-0.25, -0.2) is 15.4 Å². The zero-order valence-corrected chi connectivity index (χ0v) is 27.4. The zero-order chi connectivity index (χ0) is 33.2. The quantitative estimate of drug-likeness (QED) is 0.0802. The number of nitrogen functional groups attached to an aromatic ring is 1. The van der Waals surface area contributed by atoms with E-state index >= 15 is 0 Å². The van der Waals surface area contributed by atoms with Gasteiger partial charge in [-0.2, -0.15) is 15.1 Å². The molecule has 46 heavy (non-hydrogen) atoms. The molecule has 1 aromatic carbocycles. The molecule has 0 amide bonds. The Morgan fingerprint density at radius 3 is 2.63 bits per heavy atom. The number of imidazole rings is 1. The molecule has 1 aliphatic carbocycles. The van der Waals surface area contributed by atoms with Crippen LogP contribution in [0.25, 0.3) is 11.2 Å². The number of aliphatic hydroxyl groups is 2. The van der Waals surface area contributed by atoms with E-state index in [4.69, 9.17) is 41.7 Å². The highest BCUT2D eigenvalue weighted by atomic mass is 35.5. The van der Waals surface area contributed by atoms with Gasteiger partial charge in [-0.3, -0.25) is 18.9 Å². The summed E-state index contributed by atoms with van der Waals surface area (Å²) in [6.07, 6.45) is 2.72. The molecule has 3 heterocycles. The van der Waals surface area contributed by atoms with Crippen molar-refractivity contribution in [2.45, 2.75) is 76.0 Å². The van der Waals surface area contributed by atoms with E-state index in [1.54, 1.807) is 7.05 Å². The van der Waals surface area contributed by atoms with Gasteiger partial charge in [0.2, 0.25) is 5.95 Å². The van der Waals surface area contributed by atoms with Crippen LogP contribution in [-0.2, 0) is 23.4 Å². The fourth-order valence-electron chi connectivity index (χ4n) is 5.58. The van der Waals surface area contributed by atoms with Crippen molar-refractivity contribution >= 4 is 48.2 Å². The predicted molar refractivity (Wildman–Crippen MR) is 169 cm³/mol. The Morgan fingerprint density at radius 1 is 1.26 bits per heavy atom. The molecular formula is C28H40ClN8O8P. The molecule has 5 rings (SSSR count). The summed E-state index contributed by atoms with van der Waals surface area (Å²) in [5.74, 6) is 5.82. The summed E-state index contributed by atoms with van der Waals surface area (Å²) in [4.78, 5) is 25.5. The second kappa shape index (κ2) is 14.0. The number of hydrogen-bond donors (Lipinski definition) is 5. The van der Waals surface area contributed by atoms with Gasteiger partial charge in [0.15, 0.2) is 23.2 Å². The van der Waals surface area contributed by atoms with Crippen molar-refractivity contribution < 1.29 is 38.1 Å². The van der Waals surface area contributed by atoms with E-state index in [2.05, 4.69) is 20.0 Å². The van der Waals surface area contributed by atoms with E-state index in [-0.39, 0.29) is 35.3 Å². The summed E-state index contributed by atoms with van der Waals surface area (Å²) in [6.45, 7) is 2.60. The Hall–Kier alpha value is -3.08. The van der Waals surface area contributed by atoms with Crippen LogP contribution in [0, 0.1) is 5.92 Å². The molecular weight excluding hydrogens is 643 g/mol. The fraction of sp³-hybridized carbons (Fsp3) is 0.571. The van der Waals surface area contributed by atoms with E-state index in [1.807, 2.05) is 0 Å². The Kier molecular flexibility index (Phi) is 10.4. The van der Waals surface area contributed by atoms with Crippen molar-refractivity contribution in [1.29, 1.82) is 0 Å². The number of nitrogens with zero attached hydrogens (tertiary/aromatic N) is 5. The number of esters is 1. The van der Waals surface area contributed by atoms with Gasteiger partial charge in [-0.1, -0.05) is 30.9 Å². The first-order valence-electron chi connectivity index (χ1n) is 15.0. The summed E-state index contributed by atoms with van der Waals surface area (Å²) in [5, 5.41) is 26.8. The number of hydrogen-bond acceptors (Lipinski definition) is 14. The molecule has 252 valence electrons. The van der Waals surface area contributed by atoms with Gasteiger partial charge in [0.25, 0.3) is 0 Å². The van der Waals surface area contributed by atoms with Gasteiger partial charge in [0, 0.05) is 12.1 Å². The maximum absolute atomic E-state index is 14.1. The number of aromatic nitrogens is 4. The minimum atomic E-state index is -4.33. The largest absolute Gasteiger partial charge is 0.464 e. The molecule has 2 aromatic heterocycles. The van der Waals surface area contributed by atoms with Gasteiger partial charge < -0.3 is 29.9 Å². The van der Waals surface area contributed by atoms with Crippen LogP contribution in [0.1, 0.15) is 52.2 Å². The number of benzene rings is 1. The minimum absolute atomic E-state index is 0.0997. The second-order valence-electron chi connectivity index (χ2n) is 11.9. The van der Waals surface area contributed by atoms with Crippen molar-refractivity contribution in [1.82, 2.24) is 24.6 Å². The summed E-state index contributed by atoms with van der Waals surface area (Å²) in [7, 11) is -2.78. The summed E-state index contributed by atoms with van der Waals surface area (Å²) in [6, 6.07) is 4.96. The maximum Gasteiger partial charge on any atom is 0.459 e. The summed E-state index contributed by atoms with van der Waals surface area (Å²) in [5.41, 5.74) is 4.46. The first kappa shape index (κ1) is 34.3. The van der Waals surface area contributed by atoms with Crippen LogP contribution in [0.4, 0.5) is 11.8 Å². The molecule has 1 saturated carbocycles. The van der Waals surface area contributed by atoms with E-state index in [1.165, 1.54) is 60.4 Å². The van der Waals surface area contributed by atoms with Crippen LogP contribution in [0.3, 0.4) is 0 Å². The lowest BCUT2D eigenvalue weighted by atomic mass is 9.90. The monoisotopic (exact) mass is 682 g/mol. The number of carbonyl (C=O) groups excluding carboxylic acids is 1. The second-order valence-corrected chi connectivity index (χ2v) is 14.0. The Bertz CT molecular complexity index is 1570. The molecule has 0 spiro atoms. The van der Waals surface area contributed by atoms with Gasteiger partial charge in [0.05, 0.1) is 19.5 Å². The highest BCUT2D eigenvalue weighted by Gasteiger charge is 2.54. The summed E-state index contributed by atoms with van der Waals surface area (Å²) >= 11 is 5.99. The zero-order valence-electron chi connectivity index (χ0n) is 25.8. The number of aliphatic hydroxyl groups excluding tert-OH is 1. The smallest absolute Gasteiger partial charge is 0.459 e. The molecule has 2 fully saturated rings. The Morgan fingerprint density at radius 2 is 1.96 bits per heavy atom. The SMILES string of the molecule is CC(NP(=O)(OCC1OC(n2cnc3c(N(C)N)nc(N)nc32)[C@](C)(O)[C@@H]1O)Oc1ccc(Cl)cc1)C(=O)OCC1CCCCC1. The lowest BCUT2D eigenvalue weighted by Gasteiger charge is -2.27. The predicted octanol–water partition coefficient (Wildman–Crippen LogP) is 2.69. The lowest BCUT2D eigenvalue weighted by Crippen LogP contribution is -2.44. The van der Waals surface area contributed by atoms with E-state index in [0.29, 0.717) is 10.9 Å². The molecule has 3 aromatic rings. The van der Waals surface area contributed by atoms with Gasteiger partial charge >= 0.3 is 13.7 Å². The number of hydrazine groups is 1. The molecule has 7 N–H and O–H groups in total. The number of carbonyl (C=O) groups is 1. The Balaban J connectivity index is 1.32. The number of rotatable bonds is 12. The average Bonchev–Trinajstić information content (AvgIpc) is 3.52. The first-order valence-corrected chi connectivity index (χ1v) is 16.9. The minimum Gasteiger partial charge on any atom is -0.464 e. The van der Waals surface area contributed by atoms with E-state index in [9.17, 15) is 19.6 Å². The third kappa shape index (κ3) is 7.55. The highest BCUT2D eigenvalue weighted by molar-refractivity contribution is 7.52. The van der Waals surface area contributed by atoms with Crippen molar-refractivity contribution in [2.24, 2.45) is 11.8 Å². The van der Waals surface area contributed by atoms with Crippen LogP contribution < -0.4 is 26.2 Å². The van der Waals surface area contributed by atoms with Gasteiger partial charge in [0.1, 0.15) is 29.6 Å². The molecule has 1 saturated heterocycles. The van der Waals surface area contributed by atoms with E-state index in [0.717, 1.165) is 25.7 Å². The van der Waals surface area contributed by atoms with Crippen molar-refractivity contribution in [3.8, 4) is 5.75 Å². The lowest BCUT2D eigenvalue weighted by molar-refractivity contribution is -0.147. The van der Waals surface area contributed by atoms with Crippen LogP contribution in [0.15, 0.2) is 30.6 Å². The third-order valence-corrected chi connectivity index (χ3v) is 10.00. The van der Waals surface area contributed by atoms with Crippen molar-refractivity contribution in [3.63, 3.8) is 0 Å². The molecule has 0 bridgehead atoms. The van der Waals surface area contributed by atoms with Gasteiger partial charge in [-0.05, 0) is 56.9 Å².